The average molecular weight is 410 g/mol. The van der Waals surface area contributed by atoms with E-state index in [0.29, 0.717) is 30.4 Å². The van der Waals surface area contributed by atoms with E-state index in [1.54, 1.807) is 7.11 Å². The summed E-state index contributed by atoms with van der Waals surface area (Å²) >= 11 is 0. The Bertz CT molecular complexity index is 742. The van der Waals surface area contributed by atoms with Crippen LogP contribution in [0.5, 0.6) is 11.5 Å². The molecule has 2 aliphatic heterocycles. The minimum Gasteiger partial charge on any atom is -0.493 e. The van der Waals surface area contributed by atoms with Crippen molar-refractivity contribution in [2.45, 2.75) is 77.0 Å². The molecule has 3 aliphatic rings. The highest BCUT2D eigenvalue weighted by molar-refractivity contribution is 5.49. The molecule has 0 bridgehead atoms. The van der Waals surface area contributed by atoms with Gasteiger partial charge in [0, 0.05) is 19.1 Å². The summed E-state index contributed by atoms with van der Waals surface area (Å²) in [7, 11) is 1.61. The lowest BCUT2D eigenvalue weighted by molar-refractivity contribution is -0.0971. The van der Waals surface area contributed by atoms with Crippen LogP contribution in [0.15, 0.2) is 12.1 Å². The molecule has 0 N–H and O–H groups in total. The van der Waals surface area contributed by atoms with Crippen LogP contribution in [0.2, 0.25) is 0 Å². The standard InChI is InChI=1S/C23H33F2NO3/c1-22(2,3)29-16-5-6-18-17-12-19(27-4)20(11-15(17)7-10-26(18)13-16)28-14-23(8-9-23)21(24)25/h11-12,16,18,21H,5-10,13-14H2,1-4H3. The Kier molecular flexibility index (Phi) is 5.53. The number of fused-ring (bicyclic) bond motifs is 3. The van der Waals surface area contributed by atoms with Gasteiger partial charge in [-0.3, -0.25) is 4.90 Å². The lowest BCUT2D eigenvalue weighted by atomic mass is 9.85. The second kappa shape index (κ2) is 7.69. The molecule has 2 unspecified atom stereocenters. The van der Waals surface area contributed by atoms with E-state index in [1.165, 1.54) is 11.1 Å². The molecule has 2 atom stereocenters. The second-order valence-corrected chi connectivity index (χ2v) is 9.84. The first-order valence-corrected chi connectivity index (χ1v) is 10.7. The maximum Gasteiger partial charge on any atom is 0.247 e. The van der Waals surface area contributed by atoms with Gasteiger partial charge in [0.2, 0.25) is 6.43 Å². The Morgan fingerprint density at radius 3 is 2.55 bits per heavy atom. The second-order valence-electron chi connectivity index (χ2n) is 9.84. The molecule has 1 saturated carbocycles. The van der Waals surface area contributed by atoms with Crippen molar-refractivity contribution in [1.82, 2.24) is 4.90 Å². The van der Waals surface area contributed by atoms with Crippen LogP contribution in [0, 0.1) is 5.41 Å². The smallest absolute Gasteiger partial charge is 0.247 e. The average Bonchev–Trinajstić information content (AvgIpc) is 3.45. The van der Waals surface area contributed by atoms with E-state index in [0.717, 1.165) is 32.4 Å². The Balaban J connectivity index is 1.49. The largest absolute Gasteiger partial charge is 0.493 e. The van der Waals surface area contributed by atoms with E-state index in [4.69, 9.17) is 14.2 Å². The Morgan fingerprint density at radius 2 is 1.93 bits per heavy atom. The van der Waals surface area contributed by atoms with Crippen LogP contribution in [0.3, 0.4) is 0 Å². The zero-order valence-corrected chi connectivity index (χ0v) is 18.0. The third kappa shape index (κ3) is 4.38. The van der Waals surface area contributed by atoms with Crippen LogP contribution in [-0.4, -0.2) is 49.8 Å². The fourth-order valence-electron chi connectivity index (χ4n) is 4.69. The minimum atomic E-state index is -2.33. The minimum absolute atomic E-state index is 0.0567. The fraction of sp³-hybridized carbons (Fsp3) is 0.739. The quantitative estimate of drug-likeness (QED) is 0.662. The zero-order valence-electron chi connectivity index (χ0n) is 18.0. The van der Waals surface area contributed by atoms with E-state index in [2.05, 4.69) is 31.7 Å². The number of nitrogens with zero attached hydrogens (tertiary/aromatic N) is 1. The number of ether oxygens (including phenoxy) is 3. The van der Waals surface area contributed by atoms with Gasteiger partial charge in [0.1, 0.15) is 0 Å². The predicted octanol–water partition coefficient (Wildman–Crippen LogP) is 5.00. The first-order valence-electron chi connectivity index (χ1n) is 10.7. The molecule has 1 aromatic rings. The molecule has 2 heterocycles. The van der Waals surface area contributed by atoms with Crippen molar-refractivity contribution in [3.05, 3.63) is 23.3 Å². The van der Waals surface area contributed by atoms with Crippen molar-refractivity contribution in [3.8, 4) is 11.5 Å². The van der Waals surface area contributed by atoms with Gasteiger partial charge in [-0.05, 0) is 76.1 Å². The molecule has 4 nitrogen and oxygen atoms in total. The highest BCUT2D eigenvalue weighted by atomic mass is 19.3. The molecule has 0 radical (unpaired) electrons. The number of halogens is 2. The highest BCUT2D eigenvalue weighted by Crippen LogP contribution is 2.51. The van der Waals surface area contributed by atoms with E-state index >= 15 is 0 Å². The predicted molar refractivity (Wildman–Crippen MR) is 108 cm³/mol. The number of hydrogen-bond donors (Lipinski definition) is 0. The van der Waals surface area contributed by atoms with Crippen molar-refractivity contribution in [1.29, 1.82) is 0 Å². The monoisotopic (exact) mass is 409 g/mol. The molecule has 4 rings (SSSR count). The number of methoxy groups -OCH3 is 1. The summed E-state index contributed by atoms with van der Waals surface area (Å²) in [4.78, 5) is 2.51. The summed E-state index contributed by atoms with van der Waals surface area (Å²) in [6.07, 6.45) is 2.01. The summed E-state index contributed by atoms with van der Waals surface area (Å²) in [5, 5.41) is 0. The van der Waals surface area contributed by atoms with Crippen molar-refractivity contribution in [3.63, 3.8) is 0 Å². The molecular formula is C23H33F2NO3. The van der Waals surface area contributed by atoms with E-state index < -0.39 is 11.8 Å². The van der Waals surface area contributed by atoms with E-state index in [-0.39, 0.29) is 18.3 Å². The molecule has 1 aromatic carbocycles. The van der Waals surface area contributed by atoms with Crippen LogP contribution in [-0.2, 0) is 11.2 Å². The Hall–Kier alpha value is -1.40. The third-order valence-corrected chi connectivity index (χ3v) is 6.48. The van der Waals surface area contributed by atoms with E-state index in [9.17, 15) is 8.78 Å². The molecule has 0 spiro atoms. The SMILES string of the molecule is COc1cc2c(cc1OCC1(C(F)F)CC1)CCN1CC(OC(C)(C)C)CCC21. The number of alkyl halides is 2. The maximum atomic E-state index is 13.2. The number of hydrogen-bond acceptors (Lipinski definition) is 4. The molecular weight excluding hydrogens is 376 g/mol. The van der Waals surface area contributed by atoms with Crippen LogP contribution in [0.4, 0.5) is 8.78 Å². The van der Waals surface area contributed by atoms with Gasteiger partial charge in [-0.15, -0.1) is 0 Å². The summed E-state index contributed by atoms with van der Waals surface area (Å²) in [6.45, 7) is 8.30. The van der Waals surface area contributed by atoms with Gasteiger partial charge < -0.3 is 14.2 Å². The number of piperidine rings is 1. The van der Waals surface area contributed by atoms with Crippen molar-refractivity contribution >= 4 is 0 Å². The van der Waals surface area contributed by atoms with Crippen molar-refractivity contribution in [2.24, 2.45) is 5.41 Å². The van der Waals surface area contributed by atoms with Crippen molar-refractivity contribution < 1.29 is 23.0 Å². The highest BCUT2D eigenvalue weighted by Gasteiger charge is 2.52. The van der Waals surface area contributed by atoms with E-state index in [1.807, 2.05) is 6.07 Å². The normalized spacial score (nSPS) is 26.0. The molecule has 0 amide bonds. The Labute approximate surface area is 172 Å². The van der Waals surface area contributed by atoms with Gasteiger partial charge in [0.15, 0.2) is 11.5 Å². The maximum absolute atomic E-state index is 13.2. The van der Waals surface area contributed by atoms with Gasteiger partial charge in [0.25, 0.3) is 0 Å². The molecule has 29 heavy (non-hydrogen) atoms. The first kappa shape index (κ1) is 20.9. The van der Waals surface area contributed by atoms with Crippen LogP contribution in [0.1, 0.15) is 63.6 Å². The van der Waals surface area contributed by atoms with Crippen LogP contribution < -0.4 is 9.47 Å². The van der Waals surface area contributed by atoms with Crippen LogP contribution >= 0.6 is 0 Å². The fourth-order valence-corrected chi connectivity index (χ4v) is 4.69. The summed E-state index contributed by atoms with van der Waals surface area (Å²) < 4.78 is 44.1. The lowest BCUT2D eigenvalue weighted by Crippen LogP contribution is -2.47. The van der Waals surface area contributed by atoms with Gasteiger partial charge in [0.05, 0.1) is 30.8 Å². The topological polar surface area (TPSA) is 30.9 Å². The number of rotatable bonds is 6. The summed E-state index contributed by atoms with van der Waals surface area (Å²) in [6, 6.07) is 4.44. The van der Waals surface area contributed by atoms with Gasteiger partial charge in [-0.25, -0.2) is 8.78 Å². The molecule has 2 fully saturated rings. The molecule has 1 aliphatic carbocycles. The summed E-state index contributed by atoms with van der Waals surface area (Å²) in [5.74, 6) is 1.24. The van der Waals surface area contributed by atoms with Gasteiger partial charge in [-0.2, -0.15) is 0 Å². The van der Waals surface area contributed by atoms with Crippen molar-refractivity contribution in [2.75, 3.05) is 26.8 Å². The Morgan fingerprint density at radius 1 is 1.17 bits per heavy atom. The first-order chi connectivity index (χ1) is 13.7. The zero-order chi connectivity index (χ0) is 20.8. The molecule has 1 saturated heterocycles. The lowest BCUT2D eigenvalue weighted by Gasteiger charge is -2.44. The van der Waals surface area contributed by atoms with Gasteiger partial charge in [-0.1, -0.05) is 0 Å². The van der Waals surface area contributed by atoms with Gasteiger partial charge >= 0.3 is 0 Å². The van der Waals surface area contributed by atoms with Crippen LogP contribution in [0.25, 0.3) is 0 Å². The number of benzene rings is 1. The molecule has 6 heteroatoms. The summed E-state index contributed by atoms with van der Waals surface area (Å²) in [5.41, 5.74) is 1.45. The molecule has 162 valence electrons. The third-order valence-electron chi connectivity index (χ3n) is 6.48. The molecule has 0 aromatic heterocycles.